The fourth-order valence-corrected chi connectivity index (χ4v) is 14.5. The van der Waals surface area contributed by atoms with Crippen molar-refractivity contribution in [3.8, 4) is 89.8 Å². The topological polar surface area (TPSA) is 21.7 Å². The van der Waals surface area contributed by atoms with Gasteiger partial charge in [0.05, 0.1) is 16.5 Å². The molecule has 12 aromatic carbocycles. The molecule has 2 spiro atoms. The first-order valence-electron chi connectivity index (χ1n) is 27.1. The SMILES string of the molecule is Cc1ccc(N(c2ccc(-c3ccc4c(c3)C3(c5ccccc5-c5ccccc53)c3ccccc3-4)cc2)c2ccc3c(c2)Oc2c(ccc4c2C2(c5ccccc5-c5ccccc52)c2ccccc2-4)O3)cc1-c1ccccc1. The second-order valence-electron chi connectivity index (χ2n) is 21.4. The lowest BCUT2D eigenvalue weighted by Gasteiger charge is -2.33. The summed E-state index contributed by atoms with van der Waals surface area (Å²) in [5.41, 5.74) is 28.3. The highest BCUT2D eigenvalue weighted by molar-refractivity contribution is 5.99. The van der Waals surface area contributed by atoms with E-state index in [-0.39, 0.29) is 0 Å². The fraction of sp³-hybridized carbons (Fsp3) is 0.0400. The zero-order valence-corrected chi connectivity index (χ0v) is 42.7. The molecule has 12 aromatic rings. The molecule has 5 aliphatic rings. The van der Waals surface area contributed by atoms with Crippen molar-refractivity contribution in [2.24, 2.45) is 0 Å². The second kappa shape index (κ2) is 16.0. The van der Waals surface area contributed by atoms with Crippen molar-refractivity contribution >= 4 is 17.1 Å². The number of hydrogen-bond acceptors (Lipinski definition) is 3. The van der Waals surface area contributed by atoms with Gasteiger partial charge in [-0.2, -0.15) is 0 Å². The molecule has 4 aliphatic carbocycles. The average Bonchev–Trinajstić information content (AvgIpc) is 3.84. The molecule has 0 aromatic heterocycles. The Morgan fingerprint density at radius 3 is 1.28 bits per heavy atom. The highest BCUT2D eigenvalue weighted by Crippen LogP contribution is 2.68. The maximum absolute atomic E-state index is 7.41. The number of hydrogen-bond donors (Lipinski definition) is 0. The van der Waals surface area contributed by atoms with E-state index in [1.54, 1.807) is 0 Å². The minimum Gasteiger partial charge on any atom is -0.449 e. The quantitative estimate of drug-likeness (QED) is 0.172. The Morgan fingerprint density at radius 1 is 0.269 bits per heavy atom. The van der Waals surface area contributed by atoms with Crippen LogP contribution < -0.4 is 14.4 Å². The van der Waals surface area contributed by atoms with Crippen molar-refractivity contribution in [1.82, 2.24) is 0 Å². The second-order valence-corrected chi connectivity index (χ2v) is 21.4. The summed E-state index contributed by atoms with van der Waals surface area (Å²) in [5, 5.41) is 0. The van der Waals surface area contributed by atoms with Gasteiger partial charge in [-0.05, 0) is 167 Å². The van der Waals surface area contributed by atoms with Crippen molar-refractivity contribution in [2.75, 3.05) is 4.90 Å². The number of nitrogens with zero attached hydrogens (tertiary/aromatic N) is 1. The minimum absolute atomic E-state index is 0.413. The van der Waals surface area contributed by atoms with Gasteiger partial charge in [0.1, 0.15) is 0 Å². The van der Waals surface area contributed by atoms with Gasteiger partial charge in [0.15, 0.2) is 23.0 Å². The number of anilines is 3. The van der Waals surface area contributed by atoms with Gasteiger partial charge in [-0.3, -0.25) is 0 Å². The van der Waals surface area contributed by atoms with E-state index in [0.717, 1.165) is 39.5 Å². The third kappa shape index (κ3) is 5.67. The number of benzene rings is 12. The highest BCUT2D eigenvalue weighted by atomic mass is 16.6. The molecule has 0 N–H and O–H groups in total. The number of ether oxygens (including phenoxy) is 2. The lowest BCUT2D eigenvalue weighted by molar-refractivity contribution is 0.355. The number of rotatable bonds is 5. The monoisotopic (exact) mass is 993 g/mol. The van der Waals surface area contributed by atoms with Crippen LogP contribution in [0.5, 0.6) is 23.0 Å². The summed E-state index contributed by atoms with van der Waals surface area (Å²) in [7, 11) is 0. The van der Waals surface area contributed by atoms with E-state index in [1.165, 1.54) is 100 Å². The molecule has 0 saturated heterocycles. The molecule has 1 heterocycles. The summed E-state index contributed by atoms with van der Waals surface area (Å²) in [4.78, 5) is 2.35. The van der Waals surface area contributed by atoms with Crippen LogP contribution in [0, 0.1) is 6.92 Å². The van der Waals surface area contributed by atoms with Crippen LogP contribution in [0.25, 0.3) is 66.8 Å². The molecule has 17 rings (SSSR count). The first-order chi connectivity index (χ1) is 38.6. The molecule has 0 fully saturated rings. The Bertz CT molecular complexity index is 4400. The first-order valence-corrected chi connectivity index (χ1v) is 27.1. The fourth-order valence-electron chi connectivity index (χ4n) is 14.5. The number of fused-ring (bicyclic) bond motifs is 23. The van der Waals surface area contributed by atoms with E-state index < -0.39 is 10.8 Å². The Balaban J connectivity index is 0.806. The van der Waals surface area contributed by atoms with Gasteiger partial charge in [-0.25, -0.2) is 0 Å². The minimum atomic E-state index is -0.595. The van der Waals surface area contributed by atoms with Crippen molar-refractivity contribution in [2.45, 2.75) is 17.8 Å². The maximum atomic E-state index is 7.41. The lowest BCUT2D eigenvalue weighted by atomic mass is 9.70. The normalized spacial score (nSPS) is 14.1. The number of aryl methyl sites for hydroxylation is 1. The third-order valence-corrected chi connectivity index (χ3v) is 17.7. The average molecular weight is 994 g/mol. The molecule has 0 bridgehead atoms. The van der Waals surface area contributed by atoms with E-state index in [0.29, 0.717) is 17.2 Å². The molecule has 0 saturated carbocycles. The van der Waals surface area contributed by atoms with Crippen LogP contribution in [-0.2, 0) is 10.8 Å². The summed E-state index contributed by atoms with van der Waals surface area (Å²) in [6.45, 7) is 2.19. The van der Waals surface area contributed by atoms with Gasteiger partial charge >= 0.3 is 0 Å². The molecule has 1 aliphatic heterocycles. The zero-order valence-electron chi connectivity index (χ0n) is 42.7. The van der Waals surface area contributed by atoms with Crippen LogP contribution in [0.3, 0.4) is 0 Å². The molecule has 0 amide bonds. The molecule has 0 radical (unpaired) electrons. The smallest absolute Gasteiger partial charge is 0.175 e. The largest absolute Gasteiger partial charge is 0.449 e. The van der Waals surface area contributed by atoms with E-state index >= 15 is 0 Å². The predicted molar refractivity (Wildman–Crippen MR) is 316 cm³/mol. The highest BCUT2D eigenvalue weighted by Gasteiger charge is 2.55. The first kappa shape index (κ1) is 43.3. The third-order valence-electron chi connectivity index (χ3n) is 17.7. The Kier molecular flexibility index (Phi) is 8.90. The summed E-state index contributed by atoms with van der Waals surface area (Å²) in [6.07, 6.45) is 0. The molecular weight excluding hydrogens is 947 g/mol. The standard InChI is InChI=1S/C75H47NO2/c1-46-31-35-51(44-61(46)48-17-3-2-4-18-48)76(50-36-32-47(33-37-50)49-34-39-59-57-23-7-13-27-64(57)74(68(59)43-49)62-25-11-5-19-53(62)54-20-6-12-26-63(54)74)52-38-41-69-71(45-52)78-73-70(77-69)42-40-60-58-24-10-16-30-67(58)75(72(60)73)65-28-14-8-21-55(65)56-22-9-15-29-66(56)75/h2-45H,1H3. The Hall–Kier alpha value is -9.96. The van der Waals surface area contributed by atoms with Gasteiger partial charge in [0.2, 0.25) is 0 Å². The summed E-state index contributed by atoms with van der Waals surface area (Å²) in [6, 6.07) is 98.2. The molecule has 364 valence electrons. The maximum Gasteiger partial charge on any atom is 0.175 e. The van der Waals surface area contributed by atoms with E-state index in [1.807, 2.05) is 0 Å². The Labute approximate surface area is 453 Å². The van der Waals surface area contributed by atoms with Crippen LogP contribution in [-0.4, -0.2) is 0 Å². The predicted octanol–water partition coefficient (Wildman–Crippen LogP) is 19.4. The van der Waals surface area contributed by atoms with Gasteiger partial charge in [0, 0.05) is 23.0 Å². The molecule has 3 nitrogen and oxygen atoms in total. The van der Waals surface area contributed by atoms with Gasteiger partial charge < -0.3 is 14.4 Å². The molecule has 0 atom stereocenters. The van der Waals surface area contributed by atoms with Gasteiger partial charge in [-0.15, -0.1) is 0 Å². The Morgan fingerprint density at radius 2 is 0.705 bits per heavy atom. The van der Waals surface area contributed by atoms with Gasteiger partial charge in [0.25, 0.3) is 0 Å². The van der Waals surface area contributed by atoms with Crippen molar-refractivity contribution in [3.05, 3.63) is 317 Å². The lowest BCUT2D eigenvalue weighted by Crippen LogP contribution is -2.26. The summed E-state index contributed by atoms with van der Waals surface area (Å²) < 4.78 is 14.4. The summed E-state index contributed by atoms with van der Waals surface area (Å²) >= 11 is 0. The van der Waals surface area contributed by atoms with Crippen LogP contribution >= 0.6 is 0 Å². The van der Waals surface area contributed by atoms with E-state index in [4.69, 9.17) is 9.47 Å². The zero-order chi connectivity index (χ0) is 51.3. The molecular formula is C75H47NO2. The summed E-state index contributed by atoms with van der Waals surface area (Å²) in [5.74, 6) is 2.81. The van der Waals surface area contributed by atoms with Crippen molar-refractivity contribution in [1.29, 1.82) is 0 Å². The van der Waals surface area contributed by atoms with Crippen molar-refractivity contribution < 1.29 is 9.47 Å². The van der Waals surface area contributed by atoms with Gasteiger partial charge in [-0.1, -0.05) is 212 Å². The molecule has 0 unspecified atom stereocenters. The molecule has 78 heavy (non-hydrogen) atoms. The van der Waals surface area contributed by atoms with Crippen LogP contribution in [0.15, 0.2) is 267 Å². The van der Waals surface area contributed by atoms with E-state index in [2.05, 4.69) is 279 Å². The van der Waals surface area contributed by atoms with Crippen LogP contribution in [0.1, 0.15) is 50.1 Å². The van der Waals surface area contributed by atoms with Crippen LogP contribution in [0.2, 0.25) is 0 Å². The molecule has 3 heteroatoms. The van der Waals surface area contributed by atoms with E-state index in [9.17, 15) is 0 Å². The van der Waals surface area contributed by atoms with Crippen LogP contribution in [0.4, 0.5) is 17.1 Å². The van der Waals surface area contributed by atoms with Crippen molar-refractivity contribution in [3.63, 3.8) is 0 Å².